The van der Waals surface area contributed by atoms with Crippen LogP contribution >= 0.6 is 0 Å². The molecule has 0 radical (unpaired) electrons. The normalized spacial score (nSPS) is 12.9. The number of rotatable bonds is 4. The fourth-order valence-corrected chi connectivity index (χ4v) is 3.05. The minimum Gasteiger partial charge on any atom is -0.276 e. The monoisotopic (exact) mass is 343 g/mol. The number of sulfonamides is 1. The summed E-state index contributed by atoms with van der Waals surface area (Å²) in [4.78, 5) is 11.2. The van der Waals surface area contributed by atoms with Gasteiger partial charge < -0.3 is 0 Å². The third kappa shape index (κ3) is 3.55. The number of carbonyl (C=O) groups is 1. The molecule has 2 aromatic rings. The molecule has 0 aliphatic heterocycles. The lowest BCUT2D eigenvalue weighted by atomic mass is 10.1. The lowest BCUT2D eigenvalue weighted by Crippen LogP contribution is -2.34. The standard InChI is InChI=1S/C14H15F2N3O3S/c1-8-4-12(16)13(5-11(8)15)23(21,22)18-14(20)9(2)10-6-17-19(3)7-10/h4-7,9H,1-3H3,(H,18,20)/t9-/m1/s1. The van der Waals surface area contributed by atoms with E-state index >= 15 is 0 Å². The lowest BCUT2D eigenvalue weighted by molar-refractivity contribution is -0.120. The van der Waals surface area contributed by atoms with Crippen LogP contribution in [0.25, 0.3) is 0 Å². The van der Waals surface area contributed by atoms with Gasteiger partial charge in [0.25, 0.3) is 10.0 Å². The Balaban J connectivity index is 2.28. The molecule has 124 valence electrons. The van der Waals surface area contributed by atoms with Crippen molar-refractivity contribution < 1.29 is 22.0 Å². The third-order valence-electron chi connectivity index (χ3n) is 3.36. The van der Waals surface area contributed by atoms with Crippen LogP contribution < -0.4 is 4.72 Å². The first-order valence-electron chi connectivity index (χ1n) is 6.62. The highest BCUT2D eigenvalue weighted by Crippen LogP contribution is 2.20. The quantitative estimate of drug-likeness (QED) is 0.915. The van der Waals surface area contributed by atoms with Crippen LogP contribution in [0, 0.1) is 18.6 Å². The Morgan fingerprint density at radius 3 is 2.52 bits per heavy atom. The molecular weight excluding hydrogens is 328 g/mol. The molecule has 0 fully saturated rings. The van der Waals surface area contributed by atoms with Gasteiger partial charge in [0.05, 0.1) is 12.1 Å². The number of hydrogen-bond donors (Lipinski definition) is 1. The first kappa shape index (κ1) is 17.1. The van der Waals surface area contributed by atoms with Crippen LogP contribution in [0.3, 0.4) is 0 Å². The number of halogens is 2. The predicted molar refractivity (Wildman–Crippen MR) is 78.0 cm³/mol. The highest BCUT2D eigenvalue weighted by Gasteiger charge is 2.26. The van der Waals surface area contributed by atoms with Gasteiger partial charge in [-0.05, 0) is 31.5 Å². The van der Waals surface area contributed by atoms with Crippen LogP contribution in [0.1, 0.15) is 24.0 Å². The van der Waals surface area contributed by atoms with E-state index in [1.807, 2.05) is 0 Å². The topological polar surface area (TPSA) is 81.1 Å². The number of amides is 1. The molecule has 6 nitrogen and oxygen atoms in total. The van der Waals surface area contributed by atoms with Gasteiger partial charge in [0.2, 0.25) is 5.91 Å². The van der Waals surface area contributed by atoms with Gasteiger partial charge >= 0.3 is 0 Å². The summed E-state index contributed by atoms with van der Waals surface area (Å²) in [5.74, 6) is -3.69. The number of carbonyl (C=O) groups excluding carboxylic acids is 1. The minimum atomic E-state index is -4.52. The zero-order chi connectivity index (χ0) is 17.4. The van der Waals surface area contributed by atoms with Crippen LogP contribution in [-0.2, 0) is 21.9 Å². The SMILES string of the molecule is Cc1cc(F)c(S(=O)(=O)NC(=O)[C@H](C)c2cnn(C)c2)cc1F. The molecule has 1 heterocycles. The Bertz CT molecular complexity index is 862. The maximum Gasteiger partial charge on any atom is 0.267 e. The summed E-state index contributed by atoms with van der Waals surface area (Å²) in [5, 5.41) is 3.89. The van der Waals surface area contributed by atoms with Crippen molar-refractivity contribution in [3.8, 4) is 0 Å². The number of benzene rings is 1. The second-order valence-electron chi connectivity index (χ2n) is 5.17. The van der Waals surface area contributed by atoms with Crippen molar-refractivity contribution in [2.24, 2.45) is 7.05 Å². The molecule has 9 heteroatoms. The molecule has 0 aliphatic rings. The first-order chi connectivity index (χ1) is 10.6. The molecule has 0 unspecified atom stereocenters. The van der Waals surface area contributed by atoms with Crippen molar-refractivity contribution in [1.29, 1.82) is 0 Å². The van der Waals surface area contributed by atoms with Gasteiger partial charge in [0, 0.05) is 18.8 Å². The molecule has 2 rings (SSSR count). The zero-order valence-electron chi connectivity index (χ0n) is 12.7. The summed E-state index contributed by atoms with van der Waals surface area (Å²) in [6.07, 6.45) is 2.98. The van der Waals surface area contributed by atoms with Gasteiger partial charge in [-0.1, -0.05) is 0 Å². The van der Waals surface area contributed by atoms with Gasteiger partial charge in [-0.25, -0.2) is 21.9 Å². The molecule has 0 saturated carbocycles. The average Bonchev–Trinajstić information content (AvgIpc) is 2.87. The van der Waals surface area contributed by atoms with E-state index in [0.717, 1.165) is 6.07 Å². The number of hydrogen-bond acceptors (Lipinski definition) is 4. The zero-order valence-corrected chi connectivity index (χ0v) is 13.5. The predicted octanol–water partition coefficient (Wildman–Crippen LogP) is 1.62. The molecule has 0 saturated heterocycles. The molecule has 1 N–H and O–H groups in total. The van der Waals surface area contributed by atoms with Gasteiger partial charge in [-0.2, -0.15) is 5.10 Å². The van der Waals surface area contributed by atoms with E-state index < -0.39 is 38.4 Å². The van der Waals surface area contributed by atoms with E-state index in [4.69, 9.17) is 0 Å². The molecule has 1 aromatic carbocycles. The van der Waals surface area contributed by atoms with Crippen molar-refractivity contribution in [3.63, 3.8) is 0 Å². The number of nitrogens with zero attached hydrogens (tertiary/aromatic N) is 2. The van der Waals surface area contributed by atoms with Crippen molar-refractivity contribution in [2.45, 2.75) is 24.7 Å². The van der Waals surface area contributed by atoms with Crippen LogP contribution in [0.5, 0.6) is 0 Å². The van der Waals surface area contributed by atoms with Crippen molar-refractivity contribution in [2.75, 3.05) is 0 Å². The van der Waals surface area contributed by atoms with Crippen molar-refractivity contribution in [1.82, 2.24) is 14.5 Å². The molecule has 23 heavy (non-hydrogen) atoms. The Labute approximate surface area is 132 Å². The summed E-state index contributed by atoms with van der Waals surface area (Å²) in [7, 11) is -2.87. The number of nitrogens with one attached hydrogen (secondary N) is 1. The van der Waals surface area contributed by atoms with Gasteiger partial charge in [-0.3, -0.25) is 9.48 Å². The number of aryl methyl sites for hydroxylation is 2. The van der Waals surface area contributed by atoms with Crippen LogP contribution in [0.4, 0.5) is 8.78 Å². The Hall–Kier alpha value is -2.29. The lowest BCUT2D eigenvalue weighted by Gasteiger charge is -2.12. The molecule has 1 amide bonds. The Morgan fingerprint density at radius 2 is 1.96 bits per heavy atom. The van der Waals surface area contributed by atoms with E-state index in [-0.39, 0.29) is 5.56 Å². The molecule has 1 aromatic heterocycles. The summed E-state index contributed by atoms with van der Waals surface area (Å²) < 4.78 is 54.7. The van der Waals surface area contributed by atoms with E-state index in [1.165, 1.54) is 24.7 Å². The molecule has 0 bridgehead atoms. The minimum absolute atomic E-state index is 0.0310. The van der Waals surface area contributed by atoms with E-state index in [0.29, 0.717) is 11.6 Å². The van der Waals surface area contributed by atoms with Crippen molar-refractivity contribution >= 4 is 15.9 Å². The first-order valence-corrected chi connectivity index (χ1v) is 8.11. The summed E-state index contributed by atoms with van der Waals surface area (Å²) in [6.45, 7) is 2.78. The molecule has 1 atom stereocenters. The van der Waals surface area contributed by atoms with Crippen LogP contribution in [-0.4, -0.2) is 24.1 Å². The highest BCUT2D eigenvalue weighted by molar-refractivity contribution is 7.90. The Kier molecular flexibility index (Phi) is 4.51. The average molecular weight is 343 g/mol. The van der Waals surface area contributed by atoms with E-state index in [9.17, 15) is 22.0 Å². The fraction of sp³-hybridized carbons (Fsp3) is 0.286. The second kappa shape index (κ2) is 6.07. The second-order valence-corrected chi connectivity index (χ2v) is 6.82. The maximum atomic E-state index is 13.8. The molecular formula is C14H15F2N3O3S. The largest absolute Gasteiger partial charge is 0.276 e. The summed E-state index contributed by atoms with van der Waals surface area (Å²) in [5.41, 5.74) is 0.465. The summed E-state index contributed by atoms with van der Waals surface area (Å²) >= 11 is 0. The smallest absolute Gasteiger partial charge is 0.267 e. The number of aromatic nitrogens is 2. The maximum absolute atomic E-state index is 13.8. The van der Waals surface area contributed by atoms with Gasteiger partial charge in [0.1, 0.15) is 16.5 Å². The van der Waals surface area contributed by atoms with E-state index in [2.05, 4.69) is 5.10 Å². The fourth-order valence-electron chi connectivity index (χ4n) is 1.92. The van der Waals surface area contributed by atoms with Crippen LogP contribution in [0.2, 0.25) is 0 Å². The Morgan fingerprint density at radius 1 is 1.30 bits per heavy atom. The summed E-state index contributed by atoms with van der Waals surface area (Å²) in [6, 6.07) is 1.31. The van der Waals surface area contributed by atoms with E-state index in [1.54, 1.807) is 18.0 Å². The van der Waals surface area contributed by atoms with Gasteiger partial charge in [-0.15, -0.1) is 0 Å². The molecule has 0 aliphatic carbocycles. The third-order valence-corrected chi connectivity index (χ3v) is 4.72. The van der Waals surface area contributed by atoms with Crippen molar-refractivity contribution in [3.05, 3.63) is 47.3 Å². The molecule has 0 spiro atoms. The van der Waals surface area contributed by atoms with Gasteiger partial charge in [0.15, 0.2) is 0 Å². The van der Waals surface area contributed by atoms with Crippen LogP contribution in [0.15, 0.2) is 29.4 Å². The highest BCUT2D eigenvalue weighted by atomic mass is 32.2.